The highest BCUT2D eigenvalue weighted by Crippen LogP contribution is 2.77. The number of allylic oxidation sites excluding steroid dienone is 1. The van der Waals surface area contributed by atoms with Crippen LogP contribution in [0.15, 0.2) is 12.2 Å². The van der Waals surface area contributed by atoms with Crippen LogP contribution in [0.25, 0.3) is 0 Å². The molecule has 1 amide bonds. The summed E-state index contributed by atoms with van der Waals surface area (Å²) < 4.78 is 10.7. The smallest absolute Gasteiger partial charge is 0.305 e. The summed E-state index contributed by atoms with van der Waals surface area (Å²) in [7, 11) is 1.45. The topological polar surface area (TPSA) is 98.8 Å². The predicted molar refractivity (Wildman–Crippen MR) is 211 cm³/mol. The molecule has 7 heteroatoms. The van der Waals surface area contributed by atoms with E-state index in [1.54, 1.807) is 13.8 Å². The van der Waals surface area contributed by atoms with Crippen molar-refractivity contribution >= 4 is 23.6 Å². The van der Waals surface area contributed by atoms with Crippen molar-refractivity contribution in [1.29, 1.82) is 0 Å². The molecule has 0 aliphatic heterocycles. The molecular formula is C46H75NO6. The minimum atomic E-state index is -0.382. The molecule has 0 heterocycles. The van der Waals surface area contributed by atoms with Crippen molar-refractivity contribution in [1.82, 2.24) is 5.32 Å². The lowest BCUT2D eigenvalue weighted by Gasteiger charge is -2.72. The first-order chi connectivity index (χ1) is 25.0. The Labute approximate surface area is 322 Å². The molecular weight excluding hydrogens is 663 g/mol. The molecule has 5 rings (SSSR count). The van der Waals surface area contributed by atoms with Crippen molar-refractivity contribution in [3.8, 4) is 0 Å². The number of Topliss-reactive ketones (excluding diaryl/α,β-unsaturated/α-hetero) is 1. The zero-order chi connectivity index (χ0) is 38.8. The van der Waals surface area contributed by atoms with Crippen molar-refractivity contribution < 1.29 is 28.7 Å². The number of amides is 1. The number of unbranched alkanes of at least 4 members (excludes halogenated alkanes) is 7. The van der Waals surface area contributed by atoms with Gasteiger partial charge in [0.05, 0.1) is 12.5 Å². The van der Waals surface area contributed by atoms with Crippen LogP contribution >= 0.6 is 0 Å². The first kappa shape index (κ1) is 42.0. The number of ether oxygens (including phenoxy) is 2. The number of carbonyl (C=O) groups is 4. The molecule has 5 aliphatic carbocycles. The average Bonchev–Trinajstić information content (AvgIpc) is 3.49. The van der Waals surface area contributed by atoms with Gasteiger partial charge in [0.25, 0.3) is 0 Å². The Morgan fingerprint density at radius 2 is 1.38 bits per heavy atom. The molecule has 0 unspecified atom stereocenters. The highest BCUT2D eigenvalue weighted by Gasteiger charge is 2.72. The Kier molecular flexibility index (Phi) is 13.1. The highest BCUT2D eigenvalue weighted by atomic mass is 16.5. The number of ketones is 1. The Bertz CT molecular complexity index is 1370. The van der Waals surface area contributed by atoms with E-state index in [2.05, 4.69) is 46.5 Å². The summed E-state index contributed by atoms with van der Waals surface area (Å²) in [6.07, 6.45) is 20.3. The summed E-state index contributed by atoms with van der Waals surface area (Å²) in [5, 5.41) is 3.48. The van der Waals surface area contributed by atoms with Gasteiger partial charge in [-0.05, 0) is 130 Å². The fourth-order valence-corrected chi connectivity index (χ4v) is 14.2. The van der Waals surface area contributed by atoms with Crippen LogP contribution in [0.3, 0.4) is 0 Å². The highest BCUT2D eigenvalue weighted by molar-refractivity contribution is 5.84. The van der Waals surface area contributed by atoms with Crippen molar-refractivity contribution in [2.45, 2.75) is 183 Å². The second kappa shape index (κ2) is 16.5. The summed E-state index contributed by atoms with van der Waals surface area (Å²) in [6, 6.07) is 0. The summed E-state index contributed by atoms with van der Waals surface area (Å²) in [5.41, 5.74) is 1.06. The van der Waals surface area contributed by atoms with Gasteiger partial charge >= 0.3 is 11.9 Å². The van der Waals surface area contributed by atoms with E-state index in [1.165, 1.54) is 39.2 Å². The fraction of sp³-hybridized carbons (Fsp3) is 0.870. The Morgan fingerprint density at radius 1 is 0.717 bits per heavy atom. The molecule has 0 saturated heterocycles. The molecule has 0 spiro atoms. The van der Waals surface area contributed by atoms with E-state index in [4.69, 9.17) is 9.47 Å². The summed E-state index contributed by atoms with van der Waals surface area (Å²) >= 11 is 0. The van der Waals surface area contributed by atoms with Crippen LogP contribution in [0.4, 0.5) is 0 Å². The third-order valence-corrected chi connectivity index (χ3v) is 17.0. The lowest BCUT2D eigenvalue weighted by molar-refractivity contribution is -0.248. The average molecular weight is 738 g/mol. The maximum atomic E-state index is 14.6. The summed E-state index contributed by atoms with van der Waals surface area (Å²) in [6.45, 7) is 21.0. The van der Waals surface area contributed by atoms with Gasteiger partial charge in [0.15, 0.2) is 0 Å². The zero-order valence-corrected chi connectivity index (χ0v) is 35.0. The van der Waals surface area contributed by atoms with Gasteiger partial charge in [-0.2, -0.15) is 0 Å². The van der Waals surface area contributed by atoms with Crippen molar-refractivity contribution in [2.75, 3.05) is 13.7 Å². The molecule has 10 atom stereocenters. The molecule has 5 aliphatic rings. The van der Waals surface area contributed by atoms with E-state index in [-0.39, 0.29) is 68.6 Å². The number of esters is 2. The maximum absolute atomic E-state index is 14.6. The molecule has 5 saturated carbocycles. The van der Waals surface area contributed by atoms with E-state index in [0.29, 0.717) is 30.6 Å². The second-order valence-corrected chi connectivity index (χ2v) is 19.9. The molecule has 0 aromatic carbocycles. The molecule has 1 N–H and O–H groups in total. The quantitative estimate of drug-likeness (QED) is 0.0962. The summed E-state index contributed by atoms with van der Waals surface area (Å²) in [4.78, 5) is 50.4. The lowest BCUT2D eigenvalue weighted by Crippen LogP contribution is -2.67. The van der Waals surface area contributed by atoms with Crippen LogP contribution < -0.4 is 5.32 Å². The number of rotatable bonds is 16. The van der Waals surface area contributed by atoms with Gasteiger partial charge in [0, 0.05) is 31.7 Å². The Hall–Kier alpha value is -2.18. The molecule has 300 valence electrons. The molecule has 0 radical (unpaired) electrons. The first-order valence-electron chi connectivity index (χ1n) is 21.7. The molecule has 0 aromatic rings. The van der Waals surface area contributed by atoms with Crippen molar-refractivity contribution in [3.63, 3.8) is 0 Å². The fourth-order valence-electron chi connectivity index (χ4n) is 14.2. The molecule has 53 heavy (non-hydrogen) atoms. The minimum Gasteiger partial charge on any atom is -0.469 e. The van der Waals surface area contributed by atoms with Gasteiger partial charge in [-0.1, -0.05) is 85.3 Å². The second-order valence-electron chi connectivity index (χ2n) is 19.9. The van der Waals surface area contributed by atoms with Gasteiger partial charge in [0.2, 0.25) is 5.91 Å². The molecule has 0 bridgehead atoms. The first-order valence-corrected chi connectivity index (χ1v) is 21.7. The minimum absolute atomic E-state index is 0.0231. The number of carbonyl (C=O) groups excluding carboxylic acids is 4. The molecule has 0 aromatic heterocycles. The third-order valence-electron chi connectivity index (χ3n) is 17.0. The van der Waals surface area contributed by atoms with Crippen LogP contribution in [0.2, 0.25) is 0 Å². The van der Waals surface area contributed by atoms with E-state index >= 15 is 0 Å². The number of hydrogen-bond acceptors (Lipinski definition) is 6. The summed E-state index contributed by atoms with van der Waals surface area (Å²) in [5.74, 6) is 2.13. The van der Waals surface area contributed by atoms with Gasteiger partial charge in [-0.25, -0.2) is 0 Å². The number of fused-ring (bicyclic) bond motifs is 7. The Balaban J connectivity index is 1.28. The SMILES string of the molecule is C=C(CC(C)=O)[C@@H]1CC[C@]2(C(=O)NCCCCCCCCCCC(=O)OC)CC[C@]3(C)[C@H](CC[C@@H]4[C@@]5(C)CC[C@H](OC(C)=O)C(C)(C)[C@@H]5CC[C@]43C)[C@@H]12. The lowest BCUT2D eigenvalue weighted by atomic mass is 9.32. The van der Waals surface area contributed by atoms with Crippen LogP contribution in [-0.4, -0.2) is 43.4 Å². The standard InChI is InChI=1S/C46H75NO6/c1-31(30-32(2)48)34-21-26-46(41(51)47-29-17-15-13-11-10-12-14-16-18-39(50)52-9)28-27-44(7)35(40(34)46)19-20-37-43(6)24-23-38(53-33(3)49)42(4,5)36(43)22-25-45(37,44)8/h34-38,40H,1,10-30H2,2-9H3,(H,47,51)/t34-,35+,36-,37+,38-,40+,43-,44+,45+,46-/m0/s1. The van der Waals surface area contributed by atoms with E-state index < -0.39 is 0 Å². The number of nitrogens with one attached hydrogen (secondary N) is 1. The predicted octanol–water partition coefficient (Wildman–Crippen LogP) is 10.3. The van der Waals surface area contributed by atoms with Gasteiger partial charge < -0.3 is 14.8 Å². The van der Waals surface area contributed by atoms with Crippen LogP contribution in [0.1, 0.15) is 177 Å². The van der Waals surface area contributed by atoms with Crippen LogP contribution in [0.5, 0.6) is 0 Å². The van der Waals surface area contributed by atoms with Gasteiger partial charge in [-0.3, -0.25) is 19.2 Å². The number of hydrogen-bond donors (Lipinski definition) is 1. The maximum Gasteiger partial charge on any atom is 0.305 e. The number of methoxy groups -OCH3 is 1. The van der Waals surface area contributed by atoms with Crippen LogP contribution in [0, 0.1) is 56.7 Å². The van der Waals surface area contributed by atoms with E-state index in [0.717, 1.165) is 95.6 Å². The zero-order valence-electron chi connectivity index (χ0n) is 35.0. The monoisotopic (exact) mass is 738 g/mol. The van der Waals surface area contributed by atoms with E-state index in [1.807, 2.05) is 0 Å². The largest absolute Gasteiger partial charge is 0.469 e. The van der Waals surface area contributed by atoms with Gasteiger partial charge in [-0.15, -0.1) is 0 Å². The molecule has 5 fully saturated rings. The van der Waals surface area contributed by atoms with E-state index in [9.17, 15) is 19.2 Å². The van der Waals surface area contributed by atoms with Crippen LogP contribution in [-0.2, 0) is 28.7 Å². The third kappa shape index (κ3) is 7.80. The van der Waals surface area contributed by atoms with Crippen molar-refractivity contribution in [3.05, 3.63) is 12.2 Å². The van der Waals surface area contributed by atoms with Crippen molar-refractivity contribution in [2.24, 2.45) is 56.7 Å². The normalized spacial score (nSPS) is 38.3. The molecule has 7 nitrogen and oxygen atoms in total. The Morgan fingerprint density at radius 3 is 2.02 bits per heavy atom. The van der Waals surface area contributed by atoms with Gasteiger partial charge in [0.1, 0.15) is 11.9 Å².